The largest absolute Gasteiger partial charge is 0.466 e. The molecule has 3 aromatic rings. The average Bonchev–Trinajstić information content (AvgIpc) is 3.12. The second kappa shape index (κ2) is 9.29. The van der Waals surface area contributed by atoms with E-state index in [4.69, 9.17) is 4.74 Å². The third-order valence-electron chi connectivity index (χ3n) is 4.14. The molecule has 2 aromatic heterocycles. The Hall–Kier alpha value is -3.26. The van der Waals surface area contributed by atoms with E-state index in [1.165, 1.54) is 22.0 Å². The van der Waals surface area contributed by atoms with E-state index < -0.39 is 5.91 Å². The summed E-state index contributed by atoms with van der Waals surface area (Å²) >= 11 is 1.19. The molecule has 8 heteroatoms. The van der Waals surface area contributed by atoms with E-state index in [0.29, 0.717) is 24.0 Å². The van der Waals surface area contributed by atoms with Gasteiger partial charge in [-0.3, -0.25) is 19.7 Å². The molecule has 1 amide bonds. The van der Waals surface area contributed by atoms with Gasteiger partial charge in [0.25, 0.3) is 11.5 Å². The predicted octanol–water partition coefficient (Wildman–Crippen LogP) is 3.02. The highest BCUT2D eigenvalue weighted by atomic mass is 32.1. The first kappa shape index (κ1) is 20.5. The summed E-state index contributed by atoms with van der Waals surface area (Å²) in [5, 5.41) is 4.62. The van der Waals surface area contributed by atoms with Crippen molar-refractivity contribution in [3.63, 3.8) is 0 Å². The smallest absolute Gasteiger partial charge is 0.311 e. The Morgan fingerprint density at radius 3 is 2.69 bits per heavy atom. The summed E-state index contributed by atoms with van der Waals surface area (Å²) in [6, 6.07) is 11.0. The molecule has 150 valence electrons. The molecule has 0 aliphatic heterocycles. The highest BCUT2D eigenvalue weighted by Gasteiger charge is 2.15. The van der Waals surface area contributed by atoms with Crippen LogP contribution in [0.4, 0.5) is 5.13 Å². The van der Waals surface area contributed by atoms with Crippen molar-refractivity contribution < 1.29 is 14.3 Å². The summed E-state index contributed by atoms with van der Waals surface area (Å²) in [6.07, 6.45) is 1.69. The molecule has 7 nitrogen and oxygen atoms in total. The van der Waals surface area contributed by atoms with Crippen LogP contribution in [0.3, 0.4) is 0 Å². The Morgan fingerprint density at radius 1 is 1.21 bits per heavy atom. The van der Waals surface area contributed by atoms with Crippen LogP contribution in [0.25, 0.3) is 0 Å². The number of benzene rings is 1. The molecule has 0 aliphatic rings. The number of amides is 1. The minimum atomic E-state index is -0.537. The van der Waals surface area contributed by atoms with Crippen LogP contribution >= 0.6 is 11.3 Å². The summed E-state index contributed by atoms with van der Waals surface area (Å²) in [5.74, 6) is -0.914. The summed E-state index contributed by atoms with van der Waals surface area (Å²) in [6.45, 7) is 4.41. The molecule has 3 rings (SSSR count). The topological polar surface area (TPSA) is 90.3 Å². The molecule has 29 heavy (non-hydrogen) atoms. The molecule has 0 radical (unpaired) electrons. The van der Waals surface area contributed by atoms with Gasteiger partial charge in [0, 0.05) is 11.6 Å². The fourth-order valence-corrected chi connectivity index (χ4v) is 3.40. The zero-order chi connectivity index (χ0) is 20.8. The maximum absolute atomic E-state index is 12.7. The van der Waals surface area contributed by atoms with Crippen molar-refractivity contribution >= 4 is 28.3 Å². The third-order valence-corrected chi connectivity index (χ3v) is 4.95. The molecule has 1 aromatic carbocycles. The lowest BCUT2D eigenvalue weighted by Crippen LogP contribution is -2.29. The fraction of sp³-hybridized carbons (Fsp3) is 0.238. The van der Waals surface area contributed by atoms with Crippen LogP contribution in [0.5, 0.6) is 0 Å². The Labute approximate surface area is 172 Å². The maximum Gasteiger partial charge on any atom is 0.311 e. The Balaban J connectivity index is 1.71. The monoisotopic (exact) mass is 411 g/mol. The Bertz CT molecular complexity index is 1070. The number of esters is 1. The van der Waals surface area contributed by atoms with Gasteiger partial charge in [-0.15, -0.1) is 11.3 Å². The van der Waals surface area contributed by atoms with Gasteiger partial charge in [-0.2, -0.15) is 0 Å². The number of nitrogens with zero attached hydrogens (tertiary/aromatic N) is 2. The number of aromatic nitrogens is 2. The van der Waals surface area contributed by atoms with Crippen LogP contribution in [0.1, 0.15) is 34.1 Å². The molecule has 0 unspecified atom stereocenters. The lowest BCUT2D eigenvalue weighted by molar-refractivity contribution is -0.142. The van der Waals surface area contributed by atoms with Gasteiger partial charge in [0.1, 0.15) is 5.56 Å². The van der Waals surface area contributed by atoms with E-state index >= 15 is 0 Å². The number of thiazole rings is 1. The number of anilines is 1. The van der Waals surface area contributed by atoms with Crippen molar-refractivity contribution in [2.75, 3.05) is 11.9 Å². The third kappa shape index (κ3) is 5.39. The molecule has 0 spiro atoms. The highest BCUT2D eigenvalue weighted by molar-refractivity contribution is 7.14. The first-order valence-corrected chi connectivity index (χ1v) is 10.0. The van der Waals surface area contributed by atoms with E-state index in [2.05, 4.69) is 10.3 Å². The number of hydrogen-bond acceptors (Lipinski definition) is 6. The van der Waals surface area contributed by atoms with E-state index in [-0.39, 0.29) is 23.5 Å². The van der Waals surface area contributed by atoms with Crippen LogP contribution < -0.4 is 10.9 Å². The minimum absolute atomic E-state index is 0.0294. The van der Waals surface area contributed by atoms with Gasteiger partial charge < -0.3 is 9.30 Å². The van der Waals surface area contributed by atoms with Crippen LogP contribution in [-0.2, 0) is 22.5 Å². The lowest BCUT2D eigenvalue weighted by atomic mass is 10.1. The Kier molecular flexibility index (Phi) is 6.56. The van der Waals surface area contributed by atoms with E-state index in [1.807, 2.05) is 31.2 Å². The van der Waals surface area contributed by atoms with Crippen LogP contribution in [-0.4, -0.2) is 28.0 Å². The quantitative estimate of drug-likeness (QED) is 0.604. The second-order valence-corrected chi connectivity index (χ2v) is 7.28. The number of ether oxygens (including phenoxy) is 1. The standard InChI is InChI=1S/C21H21N3O4S/c1-3-28-18(25)11-16-13-29-21(22-16)23-19(26)17-5-4-10-24(20(17)27)12-15-8-6-14(2)7-9-15/h4-10,13H,3,11-12H2,1-2H3,(H,22,23,26). The molecule has 0 saturated carbocycles. The predicted molar refractivity (Wildman–Crippen MR) is 111 cm³/mol. The number of hydrogen-bond donors (Lipinski definition) is 1. The van der Waals surface area contributed by atoms with Crippen LogP contribution in [0.15, 0.2) is 52.8 Å². The number of rotatable bonds is 7. The summed E-state index contributed by atoms with van der Waals surface area (Å²) in [5.41, 5.74) is 2.27. The molecular weight excluding hydrogens is 390 g/mol. The Morgan fingerprint density at radius 2 is 1.97 bits per heavy atom. The summed E-state index contributed by atoms with van der Waals surface area (Å²) in [7, 11) is 0. The van der Waals surface area contributed by atoms with Crippen molar-refractivity contribution in [2.24, 2.45) is 0 Å². The molecule has 0 atom stereocenters. The molecule has 0 aliphatic carbocycles. The van der Waals surface area contributed by atoms with Gasteiger partial charge >= 0.3 is 5.97 Å². The first-order valence-electron chi connectivity index (χ1n) is 9.12. The second-order valence-electron chi connectivity index (χ2n) is 6.42. The molecular formula is C21H21N3O4S. The molecule has 1 N–H and O–H groups in total. The van der Waals surface area contributed by atoms with Gasteiger partial charge in [0.15, 0.2) is 5.13 Å². The normalized spacial score (nSPS) is 10.6. The van der Waals surface area contributed by atoms with Crippen molar-refractivity contribution in [1.82, 2.24) is 9.55 Å². The highest BCUT2D eigenvalue weighted by Crippen LogP contribution is 2.17. The van der Waals surface area contributed by atoms with E-state index in [0.717, 1.165) is 11.1 Å². The summed E-state index contributed by atoms with van der Waals surface area (Å²) < 4.78 is 6.38. The number of nitrogens with one attached hydrogen (secondary N) is 1. The molecule has 0 saturated heterocycles. The van der Waals surface area contributed by atoms with E-state index in [9.17, 15) is 14.4 Å². The lowest BCUT2D eigenvalue weighted by Gasteiger charge is -2.08. The van der Waals surface area contributed by atoms with Crippen LogP contribution in [0.2, 0.25) is 0 Å². The van der Waals surface area contributed by atoms with Gasteiger partial charge in [-0.05, 0) is 31.5 Å². The van der Waals surface area contributed by atoms with Gasteiger partial charge in [-0.25, -0.2) is 4.98 Å². The van der Waals surface area contributed by atoms with Gasteiger partial charge in [0.05, 0.1) is 25.3 Å². The van der Waals surface area contributed by atoms with E-state index in [1.54, 1.807) is 24.6 Å². The molecule has 0 bridgehead atoms. The molecule has 0 fully saturated rings. The van der Waals surface area contributed by atoms with Crippen molar-refractivity contribution in [3.8, 4) is 0 Å². The maximum atomic E-state index is 12.7. The van der Waals surface area contributed by atoms with Crippen molar-refractivity contribution in [1.29, 1.82) is 0 Å². The SMILES string of the molecule is CCOC(=O)Cc1csc(NC(=O)c2cccn(Cc3ccc(C)cc3)c2=O)n1. The van der Waals surface area contributed by atoms with Crippen LogP contribution in [0, 0.1) is 6.92 Å². The van der Waals surface area contributed by atoms with Crippen molar-refractivity contribution in [3.05, 3.63) is 80.7 Å². The number of pyridine rings is 1. The zero-order valence-electron chi connectivity index (χ0n) is 16.2. The zero-order valence-corrected chi connectivity index (χ0v) is 17.0. The fourth-order valence-electron chi connectivity index (χ4n) is 2.69. The summed E-state index contributed by atoms with van der Waals surface area (Å²) in [4.78, 5) is 41.0. The minimum Gasteiger partial charge on any atom is -0.466 e. The van der Waals surface area contributed by atoms with Gasteiger partial charge in [0.2, 0.25) is 0 Å². The number of aryl methyl sites for hydroxylation is 1. The molecule has 2 heterocycles. The van der Waals surface area contributed by atoms with Gasteiger partial charge in [-0.1, -0.05) is 29.8 Å². The number of carbonyl (C=O) groups is 2. The number of carbonyl (C=O) groups excluding carboxylic acids is 2. The van der Waals surface area contributed by atoms with Crippen molar-refractivity contribution in [2.45, 2.75) is 26.8 Å². The average molecular weight is 411 g/mol. The first-order chi connectivity index (χ1) is 14.0.